The minimum atomic E-state index is -0.172. The van der Waals surface area contributed by atoms with Crippen molar-refractivity contribution in [3.63, 3.8) is 0 Å². The third-order valence-electron chi connectivity index (χ3n) is 7.76. The second-order valence-electron chi connectivity index (χ2n) is 9.27. The maximum absolute atomic E-state index is 3.58. The van der Waals surface area contributed by atoms with Gasteiger partial charge in [0.1, 0.15) is 0 Å². The van der Waals surface area contributed by atoms with Gasteiger partial charge < -0.3 is 0 Å². The Morgan fingerprint density at radius 3 is 2.30 bits per heavy atom. The highest BCUT2D eigenvalue weighted by atomic mass is 79.9. The zero-order chi connectivity index (χ0) is 22.4. The van der Waals surface area contributed by atoms with Crippen LogP contribution in [0.1, 0.15) is 46.7 Å². The molecule has 1 heteroatoms. The molecule has 0 radical (unpaired) electrons. The Kier molecular flexibility index (Phi) is 5.11. The molecule has 0 nitrogen and oxygen atoms in total. The molecule has 3 aromatic carbocycles. The minimum Gasteiger partial charge on any atom is -0.0883 e. The SMILES string of the molecule is CC1=C(/C=C\CBr)c2ccccc2C12/C(=C/C=C1\CCc3ccccc31)Cc1ccccc12. The molecular weight excluding hydrogens is 464 g/mol. The highest BCUT2D eigenvalue weighted by molar-refractivity contribution is 9.09. The summed E-state index contributed by atoms with van der Waals surface area (Å²) in [6.45, 7) is 2.35. The standard InChI is InChI=1S/C32H27Br/c1-22-27(13-8-20-33)29-12-5-7-15-31(29)32(22)26(21-25-10-3-6-14-30(25)32)19-18-24-17-16-23-9-2-4-11-28(23)24/h2-15,18-19H,16-17,20-21H2,1H3/b13-8-,24-18+,26-19+. The van der Waals surface area contributed by atoms with E-state index in [9.17, 15) is 0 Å². The Morgan fingerprint density at radius 2 is 1.48 bits per heavy atom. The lowest BCUT2D eigenvalue weighted by molar-refractivity contribution is 0.747. The van der Waals surface area contributed by atoms with Crippen LogP contribution in [0, 0.1) is 0 Å². The van der Waals surface area contributed by atoms with Crippen LogP contribution in [0.25, 0.3) is 11.1 Å². The fourth-order valence-corrected chi connectivity index (χ4v) is 6.54. The number of fused-ring (bicyclic) bond motifs is 5. The molecule has 0 bridgehead atoms. The summed E-state index contributed by atoms with van der Waals surface area (Å²) in [5, 5.41) is 0.865. The molecule has 0 amide bonds. The van der Waals surface area contributed by atoms with Crippen molar-refractivity contribution in [2.45, 2.75) is 31.6 Å². The first-order valence-electron chi connectivity index (χ1n) is 11.9. The average Bonchev–Trinajstić information content (AvgIpc) is 3.49. The van der Waals surface area contributed by atoms with E-state index >= 15 is 0 Å². The molecule has 33 heavy (non-hydrogen) atoms. The smallest absolute Gasteiger partial charge is 0.0642 e. The summed E-state index contributed by atoms with van der Waals surface area (Å²) in [6, 6.07) is 27.0. The third kappa shape index (κ3) is 3.02. The summed E-state index contributed by atoms with van der Waals surface area (Å²) < 4.78 is 0. The van der Waals surface area contributed by atoms with Gasteiger partial charge in [-0.05, 0) is 81.9 Å². The van der Waals surface area contributed by atoms with E-state index in [0.717, 1.165) is 24.6 Å². The molecule has 1 atom stereocenters. The molecule has 0 heterocycles. The van der Waals surface area contributed by atoms with Crippen LogP contribution >= 0.6 is 15.9 Å². The molecule has 6 rings (SSSR count). The zero-order valence-corrected chi connectivity index (χ0v) is 20.5. The summed E-state index contributed by atoms with van der Waals surface area (Å²) >= 11 is 3.58. The van der Waals surface area contributed by atoms with Crippen molar-refractivity contribution in [2.75, 3.05) is 5.33 Å². The van der Waals surface area contributed by atoms with E-state index in [1.807, 2.05) is 0 Å². The molecule has 0 saturated carbocycles. The lowest BCUT2D eigenvalue weighted by atomic mass is 9.70. The monoisotopic (exact) mass is 490 g/mol. The summed E-state index contributed by atoms with van der Waals surface area (Å²) in [7, 11) is 0. The van der Waals surface area contributed by atoms with Crippen molar-refractivity contribution < 1.29 is 0 Å². The van der Waals surface area contributed by atoms with Crippen molar-refractivity contribution in [1.29, 1.82) is 0 Å². The van der Waals surface area contributed by atoms with Gasteiger partial charge >= 0.3 is 0 Å². The van der Waals surface area contributed by atoms with Crippen LogP contribution in [0.3, 0.4) is 0 Å². The van der Waals surface area contributed by atoms with Crippen LogP contribution in [-0.4, -0.2) is 5.33 Å². The average molecular weight is 491 g/mol. The summed E-state index contributed by atoms with van der Waals surface area (Å²) in [5.74, 6) is 0. The second kappa shape index (κ2) is 8.15. The number of allylic oxidation sites excluding steroid dienone is 8. The van der Waals surface area contributed by atoms with Gasteiger partial charge in [0.05, 0.1) is 5.41 Å². The number of hydrogen-bond acceptors (Lipinski definition) is 0. The number of aryl methyl sites for hydroxylation is 1. The van der Waals surface area contributed by atoms with Crippen LogP contribution in [0.5, 0.6) is 0 Å². The van der Waals surface area contributed by atoms with Crippen LogP contribution in [0.15, 0.2) is 108 Å². The van der Waals surface area contributed by atoms with E-state index in [2.05, 4.69) is 120 Å². The number of hydrogen-bond donors (Lipinski definition) is 0. The largest absolute Gasteiger partial charge is 0.0883 e. The lowest BCUT2D eigenvalue weighted by Crippen LogP contribution is -2.26. The van der Waals surface area contributed by atoms with Gasteiger partial charge in [0, 0.05) is 5.33 Å². The van der Waals surface area contributed by atoms with Gasteiger partial charge in [-0.3, -0.25) is 0 Å². The van der Waals surface area contributed by atoms with Gasteiger partial charge in [-0.25, -0.2) is 0 Å². The van der Waals surface area contributed by atoms with Crippen LogP contribution in [-0.2, 0) is 18.3 Å². The summed E-state index contributed by atoms with van der Waals surface area (Å²) in [4.78, 5) is 0. The van der Waals surface area contributed by atoms with Gasteiger partial charge in [-0.2, -0.15) is 0 Å². The van der Waals surface area contributed by atoms with Gasteiger partial charge in [-0.15, -0.1) is 0 Å². The summed E-state index contributed by atoms with van der Waals surface area (Å²) in [6.07, 6.45) is 12.7. The molecule has 1 unspecified atom stereocenters. The molecular formula is C32H27Br. The Labute approximate surface area is 205 Å². The molecule has 3 aromatic rings. The van der Waals surface area contributed by atoms with Gasteiger partial charge in [0.15, 0.2) is 0 Å². The maximum atomic E-state index is 3.58. The van der Waals surface area contributed by atoms with Gasteiger partial charge in [0.2, 0.25) is 0 Å². The number of rotatable bonds is 3. The van der Waals surface area contributed by atoms with E-state index in [-0.39, 0.29) is 5.41 Å². The maximum Gasteiger partial charge on any atom is 0.0642 e. The molecule has 3 aliphatic rings. The van der Waals surface area contributed by atoms with E-state index in [0.29, 0.717) is 0 Å². The van der Waals surface area contributed by atoms with Crippen molar-refractivity contribution in [2.24, 2.45) is 0 Å². The molecule has 3 aliphatic carbocycles. The molecule has 1 spiro atoms. The van der Waals surface area contributed by atoms with Crippen LogP contribution < -0.4 is 0 Å². The fraction of sp³-hybridized carbons (Fsp3) is 0.188. The van der Waals surface area contributed by atoms with E-state index in [1.165, 1.54) is 55.7 Å². The first-order valence-corrected chi connectivity index (χ1v) is 13.0. The fourth-order valence-electron chi connectivity index (χ4n) is 6.35. The van der Waals surface area contributed by atoms with Crippen molar-refractivity contribution >= 4 is 27.1 Å². The Bertz CT molecular complexity index is 1380. The lowest BCUT2D eigenvalue weighted by Gasteiger charge is -2.31. The number of halogens is 1. The van der Waals surface area contributed by atoms with E-state index in [1.54, 1.807) is 0 Å². The highest BCUT2D eigenvalue weighted by Crippen LogP contribution is 2.59. The van der Waals surface area contributed by atoms with Crippen molar-refractivity contribution in [3.05, 3.63) is 142 Å². The van der Waals surface area contributed by atoms with E-state index in [4.69, 9.17) is 0 Å². The molecule has 0 aromatic heterocycles. The molecule has 162 valence electrons. The second-order valence-corrected chi connectivity index (χ2v) is 9.91. The van der Waals surface area contributed by atoms with Crippen molar-refractivity contribution in [1.82, 2.24) is 0 Å². The Balaban J connectivity index is 1.59. The third-order valence-corrected chi connectivity index (χ3v) is 8.13. The molecule has 0 saturated heterocycles. The van der Waals surface area contributed by atoms with Gasteiger partial charge in [0.25, 0.3) is 0 Å². The van der Waals surface area contributed by atoms with Crippen LogP contribution in [0.4, 0.5) is 0 Å². The first-order chi connectivity index (χ1) is 16.2. The Hall–Kier alpha value is -2.90. The first kappa shape index (κ1) is 20.7. The zero-order valence-electron chi connectivity index (χ0n) is 18.9. The number of alkyl halides is 1. The predicted molar refractivity (Wildman–Crippen MR) is 144 cm³/mol. The Morgan fingerprint density at radius 1 is 0.788 bits per heavy atom. The van der Waals surface area contributed by atoms with Gasteiger partial charge in [-0.1, -0.05) is 113 Å². The molecule has 0 aliphatic heterocycles. The van der Waals surface area contributed by atoms with Crippen molar-refractivity contribution in [3.8, 4) is 0 Å². The number of benzene rings is 3. The van der Waals surface area contributed by atoms with E-state index < -0.39 is 0 Å². The predicted octanol–water partition coefficient (Wildman–Crippen LogP) is 8.22. The highest BCUT2D eigenvalue weighted by Gasteiger charge is 2.50. The minimum absolute atomic E-state index is 0.172. The molecule has 0 fully saturated rings. The topological polar surface area (TPSA) is 0 Å². The molecule has 0 N–H and O–H groups in total. The summed E-state index contributed by atoms with van der Waals surface area (Å²) in [5.41, 5.74) is 14.2. The normalized spacial score (nSPS) is 23.2. The van der Waals surface area contributed by atoms with Crippen LogP contribution in [0.2, 0.25) is 0 Å². The quantitative estimate of drug-likeness (QED) is 0.324.